The molecule has 0 fully saturated rings. The van der Waals surface area contributed by atoms with Gasteiger partial charge in [0.25, 0.3) is 0 Å². The van der Waals surface area contributed by atoms with Gasteiger partial charge in [0.1, 0.15) is 0 Å². The van der Waals surface area contributed by atoms with Gasteiger partial charge in [-0.15, -0.1) is 0 Å². The zero-order valence-corrected chi connectivity index (χ0v) is 12.3. The second kappa shape index (κ2) is 6.59. The number of carbonyl (C=O) groups excluding carboxylic acids is 1. The van der Waals surface area contributed by atoms with Gasteiger partial charge in [-0.2, -0.15) is 0 Å². The summed E-state index contributed by atoms with van der Waals surface area (Å²) < 4.78 is 0.978. The molecular weight excluding hydrogens is 304 g/mol. The Bertz CT molecular complexity index is 540. The van der Waals surface area contributed by atoms with E-state index in [0.29, 0.717) is 13.1 Å². The number of rotatable bonds is 5. The Balaban J connectivity index is 1.93. The monoisotopic (exact) mass is 318 g/mol. The van der Waals surface area contributed by atoms with E-state index in [9.17, 15) is 4.79 Å². The van der Waals surface area contributed by atoms with Crippen molar-refractivity contribution >= 4 is 21.7 Å². The van der Waals surface area contributed by atoms with Crippen molar-refractivity contribution in [2.75, 3.05) is 13.6 Å². The van der Waals surface area contributed by atoms with Crippen molar-refractivity contribution in [3.8, 4) is 0 Å². The van der Waals surface area contributed by atoms with Crippen molar-refractivity contribution in [3.63, 3.8) is 0 Å². The van der Waals surface area contributed by atoms with Gasteiger partial charge in [0.05, 0.1) is 12.2 Å². The number of halogens is 1. The van der Waals surface area contributed by atoms with Gasteiger partial charge >= 0.3 is 0 Å². The molecule has 1 aromatic carbocycles. The van der Waals surface area contributed by atoms with Crippen molar-refractivity contribution in [2.24, 2.45) is 0 Å². The lowest BCUT2D eigenvalue weighted by Crippen LogP contribution is -2.25. The Morgan fingerprint density at radius 1 is 1.21 bits per heavy atom. The van der Waals surface area contributed by atoms with Crippen LogP contribution in [-0.2, 0) is 6.54 Å². The molecule has 0 aliphatic heterocycles. The van der Waals surface area contributed by atoms with Gasteiger partial charge in [-0.25, -0.2) is 0 Å². The fraction of sp³-hybridized carbons (Fsp3) is 0.200. The molecule has 0 spiro atoms. The molecule has 0 N–H and O–H groups in total. The number of hydrogen-bond donors (Lipinski definition) is 0. The highest BCUT2D eigenvalue weighted by atomic mass is 79.9. The number of aromatic nitrogens is 1. The van der Waals surface area contributed by atoms with Crippen molar-refractivity contribution in [1.82, 2.24) is 9.88 Å². The van der Waals surface area contributed by atoms with Crippen LogP contribution in [0.15, 0.2) is 53.1 Å². The first-order valence-electron chi connectivity index (χ1n) is 6.02. The van der Waals surface area contributed by atoms with Gasteiger partial charge in [-0.1, -0.05) is 34.1 Å². The number of hydrogen-bond acceptors (Lipinski definition) is 3. The van der Waals surface area contributed by atoms with Crippen molar-refractivity contribution in [3.05, 3.63) is 64.4 Å². The zero-order valence-electron chi connectivity index (χ0n) is 10.7. The third-order valence-electron chi connectivity index (χ3n) is 2.74. The molecule has 3 nitrogen and oxygen atoms in total. The largest absolute Gasteiger partial charge is 0.293 e. The summed E-state index contributed by atoms with van der Waals surface area (Å²) in [5.74, 6) is 0.117. The molecule has 0 atom stereocenters. The van der Waals surface area contributed by atoms with Crippen LogP contribution in [0.4, 0.5) is 0 Å². The van der Waals surface area contributed by atoms with Crippen LogP contribution in [0.2, 0.25) is 0 Å². The molecule has 0 aliphatic carbocycles. The molecule has 0 amide bonds. The Morgan fingerprint density at radius 2 is 1.95 bits per heavy atom. The summed E-state index contributed by atoms with van der Waals surface area (Å²) in [6.45, 7) is 1.06. The zero-order chi connectivity index (χ0) is 13.7. The molecule has 19 heavy (non-hydrogen) atoms. The summed E-state index contributed by atoms with van der Waals surface area (Å²) in [6, 6.07) is 13.2. The number of nitrogens with zero attached hydrogens (tertiary/aromatic N) is 2. The Kier molecular flexibility index (Phi) is 4.82. The van der Waals surface area contributed by atoms with E-state index in [1.165, 1.54) is 0 Å². The molecule has 0 unspecified atom stereocenters. The average Bonchev–Trinajstić information content (AvgIpc) is 2.40. The number of benzene rings is 1. The third kappa shape index (κ3) is 4.26. The highest BCUT2D eigenvalue weighted by Gasteiger charge is 2.09. The van der Waals surface area contributed by atoms with E-state index >= 15 is 0 Å². The van der Waals surface area contributed by atoms with Crippen LogP contribution < -0.4 is 0 Å². The van der Waals surface area contributed by atoms with E-state index in [1.807, 2.05) is 54.4 Å². The van der Waals surface area contributed by atoms with Crippen molar-refractivity contribution in [1.29, 1.82) is 0 Å². The maximum atomic E-state index is 12.1. The van der Waals surface area contributed by atoms with E-state index in [1.54, 1.807) is 6.20 Å². The van der Waals surface area contributed by atoms with E-state index in [4.69, 9.17) is 0 Å². The molecule has 0 radical (unpaired) electrons. The van der Waals surface area contributed by atoms with Crippen LogP contribution in [0.3, 0.4) is 0 Å². The van der Waals surface area contributed by atoms with E-state index in [2.05, 4.69) is 20.9 Å². The number of carbonyl (C=O) groups is 1. The summed E-state index contributed by atoms with van der Waals surface area (Å²) in [4.78, 5) is 18.3. The maximum Gasteiger partial charge on any atom is 0.176 e. The number of likely N-dealkylation sites (N-methyl/N-ethyl adjacent to an activating group) is 1. The lowest BCUT2D eigenvalue weighted by Gasteiger charge is -2.15. The highest BCUT2D eigenvalue weighted by Crippen LogP contribution is 2.11. The molecule has 0 aliphatic rings. The second-order valence-corrected chi connectivity index (χ2v) is 5.34. The van der Waals surface area contributed by atoms with Gasteiger partial charge in [0.2, 0.25) is 0 Å². The first-order valence-corrected chi connectivity index (χ1v) is 6.81. The van der Waals surface area contributed by atoms with Crippen LogP contribution in [0.1, 0.15) is 16.1 Å². The number of ketones is 1. The quantitative estimate of drug-likeness (QED) is 0.794. The van der Waals surface area contributed by atoms with Crippen molar-refractivity contribution < 1.29 is 4.79 Å². The van der Waals surface area contributed by atoms with Gasteiger partial charge in [0.15, 0.2) is 5.78 Å². The minimum atomic E-state index is 0.117. The topological polar surface area (TPSA) is 33.2 Å². The predicted molar refractivity (Wildman–Crippen MR) is 79.0 cm³/mol. The molecule has 4 heteroatoms. The standard InChI is InChI=1S/C15H15BrN2O/c1-18(10-14-4-2-3-9-17-14)11-15(19)12-5-7-13(16)8-6-12/h2-9H,10-11H2,1H3. The Morgan fingerprint density at radius 3 is 2.58 bits per heavy atom. The normalized spacial score (nSPS) is 10.7. The smallest absolute Gasteiger partial charge is 0.176 e. The minimum Gasteiger partial charge on any atom is -0.293 e. The van der Waals surface area contributed by atoms with Gasteiger partial charge in [0, 0.05) is 22.8 Å². The highest BCUT2D eigenvalue weighted by molar-refractivity contribution is 9.10. The minimum absolute atomic E-state index is 0.117. The van der Waals surface area contributed by atoms with Crippen LogP contribution in [0.5, 0.6) is 0 Å². The molecule has 0 bridgehead atoms. The summed E-state index contributed by atoms with van der Waals surface area (Å²) in [6.07, 6.45) is 1.76. The van der Waals surface area contributed by atoms with Crippen LogP contribution in [0, 0.1) is 0 Å². The molecule has 98 valence electrons. The van der Waals surface area contributed by atoms with Gasteiger partial charge < -0.3 is 0 Å². The third-order valence-corrected chi connectivity index (χ3v) is 3.27. The molecule has 0 saturated carbocycles. The van der Waals surface area contributed by atoms with Crippen LogP contribution in [0.25, 0.3) is 0 Å². The average molecular weight is 319 g/mol. The molecule has 2 aromatic rings. The lowest BCUT2D eigenvalue weighted by atomic mass is 10.1. The number of Topliss-reactive ketones (excluding diaryl/α,β-unsaturated/α-hetero) is 1. The van der Waals surface area contributed by atoms with Crippen LogP contribution in [-0.4, -0.2) is 29.3 Å². The first-order chi connectivity index (χ1) is 9.15. The first kappa shape index (κ1) is 13.9. The van der Waals surface area contributed by atoms with E-state index in [-0.39, 0.29) is 5.78 Å². The maximum absolute atomic E-state index is 12.1. The summed E-state index contributed by atoms with van der Waals surface area (Å²) in [7, 11) is 1.92. The Hall–Kier alpha value is -1.52. The van der Waals surface area contributed by atoms with E-state index < -0.39 is 0 Å². The summed E-state index contributed by atoms with van der Waals surface area (Å²) in [5, 5.41) is 0. The van der Waals surface area contributed by atoms with Crippen LogP contribution >= 0.6 is 15.9 Å². The SMILES string of the molecule is CN(CC(=O)c1ccc(Br)cc1)Cc1ccccn1. The number of pyridine rings is 1. The molecule has 0 saturated heterocycles. The van der Waals surface area contributed by atoms with Gasteiger partial charge in [-0.05, 0) is 31.3 Å². The molecule has 2 rings (SSSR count). The second-order valence-electron chi connectivity index (χ2n) is 4.42. The fourth-order valence-corrected chi connectivity index (χ4v) is 2.06. The molecule has 1 heterocycles. The predicted octanol–water partition coefficient (Wildman–Crippen LogP) is 3.16. The lowest BCUT2D eigenvalue weighted by molar-refractivity contribution is 0.0942. The molecule has 1 aromatic heterocycles. The van der Waals surface area contributed by atoms with Crippen molar-refractivity contribution in [2.45, 2.75) is 6.54 Å². The van der Waals surface area contributed by atoms with E-state index in [0.717, 1.165) is 15.7 Å². The summed E-state index contributed by atoms with van der Waals surface area (Å²) in [5.41, 5.74) is 1.70. The summed E-state index contributed by atoms with van der Waals surface area (Å²) >= 11 is 3.36. The fourth-order valence-electron chi connectivity index (χ4n) is 1.80. The van der Waals surface area contributed by atoms with Gasteiger partial charge in [-0.3, -0.25) is 14.7 Å². The molecular formula is C15H15BrN2O. The Labute approximate surface area is 121 Å².